The SMILES string of the molecule is CCCN1CCCC2(CCCN2C(=O)c2ccc3nc(C)[nH]c3c2)C1=O. The molecule has 1 aromatic heterocycles. The first-order valence-corrected chi connectivity index (χ1v) is 9.63. The van der Waals surface area contributed by atoms with Crippen molar-refractivity contribution in [3.05, 3.63) is 29.6 Å². The summed E-state index contributed by atoms with van der Waals surface area (Å²) >= 11 is 0. The molecule has 2 fully saturated rings. The number of amides is 2. The van der Waals surface area contributed by atoms with Gasteiger partial charge in [0.25, 0.3) is 5.91 Å². The number of H-pyrrole nitrogens is 1. The van der Waals surface area contributed by atoms with E-state index in [-0.39, 0.29) is 11.8 Å². The number of carbonyl (C=O) groups excluding carboxylic acids is 2. The van der Waals surface area contributed by atoms with Crippen molar-refractivity contribution < 1.29 is 9.59 Å². The molecule has 2 aromatic rings. The maximum atomic E-state index is 13.3. The number of nitrogens with one attached hydrogen (secondary N) is 1. The van der Waals surface area contributed by atoms with Crippen molar-refractivity contribution in [3.63, 3.8) is 0 Å². The Hall–Kier alpha value is -2.37. The number of carbonyl (C=O) groups is 2. The highest BCUT2D eigenvalue weighted by Gasteiger charge is 2.52. The van der Waals surface area contributed by atoms with Gasteiger partial charge in [0, 0.05) is 25.2 Å². The molecule has 1 N–H and O–H groups in total. The summed E-state index contributed by atoms with van der Waals surface area (Å²) in [5, 5.41) is 0. The van der Waals surface area contributed by atoms with Crippen LogP contribution in [-0.2, 0) is 4.79 Å². The van der Waals surface area contributed by atoms with Crippen LogP contribution in [0.25, 0.3) is 11.0 Å². The zero-order valence-electron chi connectivity index (χ0n) is 15.5. The molecule has 2 aliphatic rings. The molecule has 1 atom stereocenters. The van der Waals surface area contributed by atoms with Gasteiger partial charge >= 0.3 is 0 Å². The van der Waals surface area contributed by atoms with Gasteiger partial charge in [0.2, 0.25) is 5.91 Å². The van der Waals surface area contributed by atoms with Crippen LogP contribution in [0.1, 0.15) is 55.2 Å². The summed E-state index contributed by atoms with van der Waals surface area (Å²) in [5.74, 6) is 0.943. The van der Waals surface area contributed by atoms with E-state index in [1.807, 2.05) is 34.9 Å². The Morgan fingerprint density at radius 3 is 2.81 bits per heavy atom. The van der Waals surface area contributed by atoms with E-state index in [0.717, 1.165) is 62.1 Å². The fourth-order valence-corrected chi connectivity index (χ4v) is 4.63. The molecule has 2 aliphatic heterocycles. The monoisotopic (exact) mass is 354 g/mol. The first-order valence-electron chi connectivity index (χ1n) is 9.63. The average Bonchev–Trinajstić information content (AvgIpc) is 3.21. The largest absolute Gasteiger partial charge is 0.342 e. The highest BCUT2D eigenvalue weighted by atomic mass is 16.2. The summed E-state index contributed by atoms with van der Waals surface area (Å²) < 4.78 is 0. The molecule has 1 aromatic carbocycles. The molecule has 2 amide bonds. The Labute approximate surface area is 153 Å². The Morgan fingerprint density at radius 2 is 2.04 bits per heavy atom. The van der Waals surface area contributed by atoms with Gasteiger partial charge < -0.3 is 14.8 Å². The summed E-state index contributed by atoms with van der Waals surface area (Å²) in [7, 11) is 0. The van der Waals surface area contributed by atoms with E-state index in [4.69, 9.17) is 0 Å². The molecule has 0 radical (unpaired) electrons. The van der Waals surface area contributed by atoms with Crippen LogP contribution in [0, 0.1) is 6.92 Å². The molecule has 6 heteroatoms. The zero-order valence-corrected chi connectivity index (χ0v) is 15.5. The molecule has 138 valence electrons. The lowest BCUT2D eigenvalue weighted by Crippen LogP contribution is -2.61. The van der Waals surface area contributed by atoms with Gasteiger partial charge in [-0.25, -0.2) is 4.98 Å². The molecule has 0 bridgehead atoms. The second kappa shape index (κ2) is 6.41. The van der Waals surface area contributed by atoms with Crippen molar-refractivity contribution in [2.75, 3.05) is 19.6 Å². The highest BCUT2D eigenvalue weighted by Crippen LogP contribution is 2.39. The molecule has 0 saturated carbocycles. The number of hydrogen-bond acceptors (Lipinski definition) is 3. The fraction of sp³-hybridized carbons (Fsp3) is 0.550. The first-order chi connectivity index (χ1) is 12.5. The highest BCUT2D eigenvalue weighted by molar-refractivity contribution is 6.01. The van der Waals surface area contributed by atoms with E-state index < -0.39 is 5.54 Å². The topological polar surface area (TPSA) is 69.3 Å². The van der Waals surface area contributed by atoms with Crippen molar-refractivity contribution in [1.29, 1.82) is 0 Å². The lowest BCUT2D eigenvalue weighted by molar-refractivity contribution is -0.145. The van der Waals surface area contributed by atoms with Crippen molar-refractivity contribution >= 4 is 22.8 Å². The van der Waals surface area contributed by atoms with Crippen molar-refractivity contribution in [3.8, 4) is 0 Å². The van der Waals surface area contributed by atoms with Crippen LogP contribution < -0.4 is 0 Å². The molecular formula is C20H26N4O2. The number of aromatic nitrogens is 2. The number of imidazole rings is 1. The third kappa shape index (κ3) is 2.59. The van der Waals surface area contributed by atoms with Crippen LogP contribution in [0.4, 0.5) is 0 Å². The summed E-state index contributed by atoms with van der Waals surface area (Å²) in [5.41, 5.74) is 1.72. The third-order valence-corrected chi connectivity index (χ3v) is 5.78. The molecule has 0 aliphatic carbocycles. The quantitative estimate of drug-likeness (QED) is 0.921. The van der Waals surface area contributed by atoms with E-state index in [2.05, 4.69) is 16.9 Å². The van der Waals surface area contributed by atoms with Gasteiger partial charge in [0.05, 0.1) is 11.0 Å². The van der Waals surface area contributed by atoms with Crippen molar-refractivity contribution in [2.24, 2.45) is 0 Å². The van der Waals surface area contributed by atoms with Crippen LogP contribution in [0.3, 0.4) is 0 Å². The van der Waals surface area contributed by atoms with Crippen LogP contribution in [-0.4, -0.2) is 56.8 Å². The second-order valence-electron chi connectivity index (χ2n) is 7.54. The number of fused-ring (bicyclic) bond motifs is 1. The molecule has 1 spiro atoms. The molecule has 6 nitrogen and oxygen atoms in total. The predicted molar refractivity (Wildman–Crippen MR) is 99.9 cm³/mol. The molecule has 4 rings (SSSR count). The van der Waals surface area contributed by atoms with Gasteiger partial charge in [0.15, 0.2) is 0 Å². The molecule has 1 unspecified atom stereocenters. The Balaban J connectivity index is 1.66. The molecule has 3 heterocycles. The number of nitrogens with zero attached hydrogens (tertiary/aromatic N) is 3. The lowest BCUT2D eigenvalue weighted by atomic mass is 9.85. The summed E-state index contributed by atoms with van der Waals surface area (Å²) in [6, 6.07) is 5.57. The molecule has 26 heavy (non-hydrogen) atoms. The minimum absolute atomic E-state index is 0.0386. The Bertz CT molecular complexity index is 857. The van der Waals surface area contributed by atoms with Gasteiger partial charge in [0.1, 0.15) is 11.4 Å². The third-order valence-electron chi connectivity index (χ3n) is 5.78. The number of aromatic amines is 1. The number of aryl methyl sites for hydroxylation is 1. The van der Waals surface area contributed by atoms with Crippen LogP contribution in [0.2, 0.25) is 0 Å². The maximum Gasteiger partial charge on any atom is 0.254 e. The van der Waals surface area contributed by atoms with Crippen molar-refractivity contribution in [1.82, 2.24) is 19.8 Å². The summed E-state index contributed by atoms with van der Waals surface area (Å²) in [4.78, 5) is 37.9. The summed E-state index contributed by atoms with van der Waals surface area (Å²) in [6.07, 6.45) is 4.37. The number of hydrogen-bond donors (Lipinski definition) is 1. The minimum Gasteiger partial charge on any atom is -0.342 e. The minimum atomic E-state index is -0.636. The van der Waals surface area contributed by atoms with Crippen LogP contribution in [0.15, 0.2) is 18.2 Å². The number of likely N-dealkylation sites (tertiary alicyclic amines) is 2. The van der Waals surface area contributed by atoms with E-state index in [9.17, 15) is 9.59 Å². The number of benzene rings is 1. The van der Waals surface area contributed by atoms with Gasteiger partial charge in [-0.3, -0.25) is 9.59 Å². The van der Waals surface area contributed by atoms with Gasteiger partial charge in [-0.15, -0.1) is 0 Å². The maximum absolute atomic E-state index is 13.3. The summed E-state index contributed by atoms with van der Waals surface area (Å²) in [6.45, 7) is 6.25. The normalized spacial score (nSPS) is 23.4. The van der Waals surface area contributed by atoms with E-state index in [1.54, 1.807) is 0 Å². The Morgan fingerprint density at radius 1 is 1.27 bits per heavy atom. The van der Waals surface area contributed by atoms with Gasteiger partial charge in [-0.1, -0.05) is 6.92 Å². The average molecular weight is 354 g/mol. The van der Waals surface area contributed by atoms with Crippen LogP contribution in [0.5, 0.6) is 0 Å². The first kappa shape index (κ1) is 17.1. The molecule has 2 saturated heterocycles. The smallest absolute Gasteiger partial charge is 0.254 e. The van der Waals surface area contributed by atoms with E-state index >= 15 is 0 Å². The van der Waals surface area contributed by atoms with E-state index in [0.29, 0.717) is 12.1 Å². The van der Waals surface area contributed by atoms with Gasteiger partial charge in [-0.2, -0.15) is 0 Å². The van der Waals surface area contributed by atoms with Crippen LogP contribution >= 0.6 is 0 Å². The Kier molecular flexibility index (Phi) is 4.21. The van der Waals surface area contributed by atoms with Crippen molar-refractivity contribution in [2.45, 2.75) is 51.5 Å². The standard InChI is InChI=1S/C20H26N4O2/c1-3-10-23-11-4-8-20(19(23)26)9-5-12-24(20)18(25)15-6-7-16-17(13-15)22-14(2)21-16/h6-7,13H,3-5,8-12H2,1-2H3,(H,21,22). The molecular weight excluding hydrogens is 328 g/mol. The number of piperidine rings is 1. The van der Waals surface area contributed by atoms with Gasteiger partial charge in [-0.05, 0) is 57.2 Å². The predicted octanol–water partition coefficient (Wildman–Crippen LogP) is 2.88. The lowest BCUT2D eigenvalue weighted by Gasteiger charge is -2.44. The number of rotatable bonds is 3. The second-order valence-corrected chi connectivity index (χ2v) is 7.54. The zero-order chi connectivity index (χ0) is 18.3. The van der Waals surface area contributed by atoms with E-state index in [1.165, 1.54) is 0 Å². The fourth-order valence-electron chi connectivity index (χ4n) is 4.63.